The molecule has 16 heavy (non-hydrogen) atoms. The minimum Gasteiger partial charge on any atom is -0.328 e. The third kappa shape index (κ3) is 2.83. The lowest BCUT2D eigenvalue weighted by atomic mass is 10.1. The maximum Gasteiger partial charge on any atom is 0.0236 e. The van der Waals surface area contributed by atoms with Crippen molar-refractivity contribution in [2.75, 3.05) is 6.54 Å². The van der Waals surface area contributed by atoms with Crippen LogP contribution in [-0.2, 0) is 6.54 Å². The van der Waals surface area contributed by atoms with E-state index in [2.05, 4.69) is 42.2 Å². The molecule has 0 aromatic heterocycles. The number of hydrogen-bond donors (Lipinski definition) is 1. The van der Waals surface area contributed by atoms with Crippen molar-refractivity contribution in [3.8, 4) is 0 Å². The number of rotatable bonds is 4. The van der Waals surface area contributed by atoms with Crippen LogP contribution in [0.4, 0.5) is 0 Å². The normalized spacial score (nSPS) is 25.2. The van der Waals surface area contributed by atoms with E-state index in [4.69, 9.17) is 5.73 Å². The van der Waals surface area contributed by atoms with Gasteiger partial charge in [-0.15, -0.1) is 0 Å². The van der Waals surface area contributed by atoms with Crippen LogP contribution in [-0.4, -0.2) is 23.5 Å². The molecule has 0 saturated heterocycles. The van der Waals surface area contributed by atoms with Gasteiger partial charge in [-0.2, -0.15) is 0 Å². The average Bonchev–Trinajstić information content (AvgIpc) is 2.74. The van der Waals surface area contributed by atoms with Crippen LogP contribution in [0.15, 0.2) is 30.3 Å². The van der Waals surface area contributed by atoms with Gasteiger partial charge in [-0.05, 0) is 31.4 Å². The number of hydrogen-bond acceptors (Lipinski definition) is 2. The molecule has 88 valence electrons. The van der Waals surface area contributed by atoms with Crippen LogP contribution in [0, 0.1) is 0 Å². The Morgan fingerprint density at radius 2 is 2.00 bits per heavy atom. The second-order valence-corrected chi connectivity index (χ2v) is 4.78. The minimum atomic E-state index is 0.426. The highest BCUT2D eigenvalue weighted by molar-refractivity contribution is 5.14. The number of benzene rings is 1. The lowest BCUT2D eigenvalue weighted by molar-refractivity contribution is 0.199. The molecule has 2 nitrogen and oxygen atoms in total. The highest BCUT2D eigenvalue weighted by atomic mass is 15.2. The van der Waals surface area contributed by atoms with Crippen LogP contribution < -0.4 is 5.73 Å². The van der Waals surface area contributed by atoms with Crippen molar-refractivity contribution in [2.24, 2.45) is 5.73 Å². The quantitative estimate of drug-likeness (QED) is 0.840. The summed E-state index contributed by atoms with van der Waals surface area (Å²) in [5.74, 6) is 0. The summed E-state index contributed by atoms with van der Waals surface area (Å²) in [4.78, 5) is 2.56. The van der Waals surface area contributed by atoms with E-state index in [0.717, 1.165) is 13.1 Å². The van der Waals surface area contributed by atoms with Crippen LogP contribution in [0.25, 0.3) is 0 Å². The summed E-state index contributed by atoms with van der Waals surface area (Å²) in [5, 5.41) is 0. The lowest BCUT2D eigenvalue weighted by Gasteiger charge is -2.27. The second kappa shape index (κ2) is 5.46. The molecule has 1 aromatic carbocycles. The predicted octanol–water partition coefficient (Wildman–Crippen LogP) is 2.39. The first-order valence-corrected chi connectivity index (χ1v) is 6.33. The second-order valence-electron chi connectivity index (χ2n) is 4.78. The molecular weight excluding hydrogens is 196 g/mol. The molecule has 0 radical (unpaired) electrons. The Labute approximate surface area is 98.4 Å². The van der Waals surface area contributed by atoms with E-state index in [1.54, 1.807) is 0 Å². The maximum absolute atomic E-state index is 5.98. The van der Waals surface area contributed by atoms with Crippen molar-refractivity contribution >= 4 is 0 Å². The van der Waals surface area contributed by atoms with E-state index in [1.807, 2.05) is 0 Å². The zero-order valence-electron chi connectivity index (χ0n) is 10.1. The summed E-state index contributed by atoms with van der Waals surface area (Å²) in [6.07, 6.45) is 3.62. The molecule has 1 aliphatic rings. The maximum atomic E-state index is 5.98. The van der Waals surface area contributed by atoms with Crippen molar-refractivity contribution in [1.82, 2.24) is 4.90 Å². The van der Waals surface area contributed by atoms with E-state index in [1.165, 1.54) is 24.8 Å². The summed E-state index contributed by atoms with van der Waals surface area (Å²) in [6, 6.07) is 11.8. The van der Waals surface area contributed by atoms with E-state index in [0.29, 0.717) is 12.1 Å². The molecule has 0 amide bonds. The largest absolute Gasteiger partial charge is 0.328 e. The summed E-state index contributed by atoms with van der Waals surface area (Å²) in [6.45, 7) is 4.42. The van der Waals surface area contributed by atoms with Gasteiger partial charge in [0.2, 0.25) is 0 Å². The van der Waals surface area contributed by atoms with E-state index in [9.17, 15) is 0 Å². The first kappa shape index (κ1) is 11.6. The zero-order valence-corrected chi connectivity index (χ0v) is 10.1. The Hall–Kier alpha value is -0.860. The molecule has 2 atom stereocenters. The third-order valence-corrected chi connectivity index (χ3v) is 3.60. The fourth-order valence-corrected chi connectivity index (χ4v) is 2.64. The molecule has 1 aromatic rings. The van der Waals surface area contributed by atoms with Crippen molar-refractivity contribution in [1.29, 1.82) is 0 Å². The van der Waals surface area contributed by atoms with Gasteiger partial charge in [0.05, 0.1) is 0 Å². The highest BCUT2D eigenvalue weighted by Crippen LogP contribution is 2.24. The fourth-order valence-electron chi connectivity index (χ4n) is 2.64. The molecule has 1 aliphatic carbocycles. The summed E-state index contributed by atoms with van der Waals surface area (Å²) < 4.78 is 0. The van der Waals surface area contributed by atoms with Crippen LogP contribution >= 0.6 is 0 Å². The minimum absolute atomic E-state index is 0.426. The topological polar surface area (TPSA) is 29.3 Å². The van der Waals surface area contributed by atoms with Crippen molar-refractivity contribution in [2.45, 2.75) is 44.8 Å². The van der Waals surface area contributed by atoms with Crippen molar-refractivity contribution in [3.05, 3.63) is 35.9 Å². The smallest absolute Gasteiger partial charge is 0.0236 e. The standard InChI is InChI=1S/C14H22N2/c1-2-16(14-9-8-13(15)10-14)11-12-6-4-3-5-7-12/h3-7,13-14H,2,8-11,15H2,1H3/t13-,14+/m0/s1. The Balaban J connectivity index is 1.96. The first-order chi connectivity index (χ1) is 7.79. The van der Waals surface area contributed by atoms with Gasteiger partial charge in [0.25, 0.3) is 0 Å². The highest BCUT2D eigenvalue weighted by Gasteiger charge is 2.26. The third-order valence-electron chi connectivity index (χ3n) is 3.60. The molecule has 2 heteroatoms. The van der Waals surface area contributed by atoms with Gasteiger partial charge < -0.3 is 5.73 Å². The lowest BCUT2D eigenvalue weighted by Crippen LogP contribution is -2.33. The Kier molecular flexibility index (Phi) is 3.97. The molecule has 0 bridgehead atoms. The van der Waals surface area contributed by atoms with Crippen LogP contribution in [0.1, 0.15) is 31.7 Å². The van der Waals surface area contributed by atoms with Gasteiger partial charge in [-0.25, -0.2) is 0 Å². The van der Waals surface area contributed by atoms with Gasteiger partial charge in [0.1, 0.15) is 0 Å². The Morgan fingerprint density at radius 3 is 2.56 bits per heavy atom. The molecule has 0 spiro atoms. The molecular formula is C14H22N2. The number of nitrogens with two attached hydrogens (primary N) is 1. The fraction of sp³-hybridized carbons (Fsp3) is 0.571. The summed E-state index contributed by atoms with van der Waals surface area (Å²) in [7, 11) is 0. The molecule has 0 unspecified atom stereocenters. The van der Waals surface area contributed by atoms with Gasteiger partial charge in [-0.3, -0.25) is 4.90 Å². The number of nitrogens with zero attached hydrogens (tertiary/aromatic N) is 1. The SMILES string of the molecule is CCN(Cc1ccccc1)[C@@H]1CC[C@H](N)C1. The van der Waals surface area contributed by atoms with Crippen LogP contribution in [0.3, 0.4) is 0 Å². The molecule has 2 rings (SSSR count). The molecule has 1 saturated carbocycles. The Bertz CT molecular complexity index is 310. The molecule has 0 heterocycles. The van der Waals surface area contributed by atoms with Crippen molar-refractivity contribution < 1.29 is 0 Å². The van der Waals surface area contributed by atoms with E-state index in [-0.39, 0.29) is 0 Å². The zero-order chi connectivity index (χ0) is 11.4. The Morgan fingerprint density at radius 1 is 1.25 bits per heavy atom. The van der Waals surface area contributed by atoms with E-state index >= 15 is 0 Å². The van der Waals surface area contributed by atoms with Gasteiger partial charge >= 0.3 is 0 Å². The van der Waals surface area contributed by atoms with E-state index < -0.39 is 0 Å². The molecule has 0 aliphatic heterocycles. The molecule has 1 fully saturated rings. The molecule has 2 N–H and O–H groups in total. The average molecular weight is 218 g/mol. The van der Waals surface area contributed by atoms with Crippen molar-refractivity contribution in [3.63, 3.8) is 0 Å². The van der Waals surface area contributed by atoms with Gasteiger partial charge in [-0.1, -0.05) is 37.3 Å². The van der Waals surface area contributed by atoms with Gasteiger partial charge in [0.15, 0.2) is 0 Å². The van der Waals surface area contributed by atoms with Crippen LogP contribution in [0.5, 0.6) is 0 Å². The van der Waals surface area contributed by atoms with Crippen LogP contribution in [0.2, 0.25) is 0 Å². The van der Waals surface area contributed by atoms with Gasteiger partial charge in [0, 0.05) is 18.6 Å². The summed E-state index contributed by atoms with van der Waals surface area (Å²) >= 11 is 0. The first-order valence-electron chi connectivity index (χ1n) is 6.33. The predicted molar refractivity (Wildman–Crippen MR) is 68.1 cm³/mol. The summed E-state index contributed by atoms with van der Waals surface area (Å²) in [5.41, 5.74) is 7.39. The monoisotopic (exact) mass is 218 g/mol.